The van der Waals surface area contributed by atoms with Crippen LogP contribution in [0.3, 0.4) is 0 Å². The number of fused-ring (bicyclic) bond motifs is 1. The van der Waals surface area contributed by atoms with Gasteiger partial charge in [0.1, 0.15) is 16.5 Å². The average Bonchev–Trinajstić information content (AvgIpc) is 3.22. The molecule has 1 atom stereocenters. The number of halogens is 1. The standard InChI is InChI=1S/C19H22FN5O3S/c1-3-28-19(27)24-10-8-23(9-11-24)15(13-6-4-5-7-14(13)20)16-17(26)25-18(29-16)21-12(2)22-25/h4-7,15,26H,3,8-11H2,1-2H3/p+1/t15-/m0/s1. The molecule has 0 spiro atoms. The Morgan fingerprint density at radius 3 is 2.76 bits per heavy atom. The molecule has 3 aromatic rings. The highest BCUT2D eigenvalue weighted by Crippen LogP contribution is 2.35. The largest absolute Gasteiger partial charge is 0.492 e. The van der Waals surface area contributed by atoms with Gasteiger partial charge in [-0.1, -0.05) is 23.5 Å². The zero-order valence-corrected chi connectivity index (χ0v) is 17.1. The summed E-state index contributed by atoms with van der Waals surface area (Å²) in [7, 11) is 0. The van der Waals surface area contributed by atoms with E-state index in [-0.39, 0.29) is 17.8 Å². The summed E-state index contributed by atoms with van der Waals surface area (Å²) >= 11 is 1.31. The Balaban J connectivity index is 1.69. The lowest BCUT2D eigenvalue weighted by Crippen LogP contribution is -3.15. The van der Waals surface area contributed by atoms with Crippen LogP contribution in [-0.2, 0) is 4.74 Å². The third kappa shape index (κ3) is 3.65. The first-order chi connectivity index (χ1) is 14.0. The predicted octanol–water partition coefficient (Wildman–Crippen LogP) is 1.39. The Morgan fingerprint density at radius 1 is 1.38 bits per heavy atom. The molecule has 2 N–H and O–H groups in total. The number of aromatic hydroxyl groups is 1. The van der Waals surface area contributed by atoms with E-state index in [9.17, 15) is 14.3 Å². The maximum absolute atomic E-state index is 14.7. The van der Waals surface area contributed by atoms with Crippen LogP contribution in [0.5, 0.6) is 5.88 Å². The lowest BCUT2D eigenvalue weighted by Gasteiger charge is -2.35. The van der Waals surface area contributed by atoms with Crippen LogP contribution in [-0.4, -0.2) is 63.5 Å². The maximum Gasteiger partial charge on any atom is 0.410 e. The number of thiazole rings is 1. The lowest BCUT2D eigenvalue weighted by atomic mass is 10.0. The fraction of sp³-hybridized carbons (Fsp3) is 0.421. The minimum atomic E-state index is -0.422. The Hall–Kier alpha value is -2.72. The molecule has 0 bridgehead atoms. The van der Waals surface area contributed by atoms with Crippen LogP contribution < -0.4 is 4.90 Å². The number of aryl methyl sites for hydroxylation is 1. The van der Waals surface area contributed by atoms with E-state index in [1.165, 1.54) is 21.9 Å². The van der Waals surface area contributed by atoms with Crippen molar-refractivity contribution in [3.8, 4) is 5.88 Å². The van der Waals surface area contributed by atoms with Gasteiger partial charge in [-0.15, -0.1) is 5.10 Å². The van der Waals surface area contributed by atoms with Crippen molar-refractivity contribution in [3.63, 3.8) is 0 Å². The average molecular weight is 420 g/mol. The Bertz CT molecular complexity index is 1030. The number of amides is 1. The number of piperazine rings is 1. The van der Waals surface area contributed by atoms with E-state index in [4.69, 9.17) is 4.74 Å². The topological polar surface area (TPSA) is 84.4 Å². The van der Waals surface area contributed by atoms with Crippen molar-refractivity contribution in [2.75, 3.05) is 32.8 Å². The first kappa shape index (κ1) is 19.6. The number of quaternary nitrogens is 1. The Kier molecular flexibility index (Phi) is 5.37. The number of aromatic nitrogens is 3. The molecule has 1 amide bonds. The van der Waals surface area contributed by atoms with Gasteiger partial charge in [0.05, 0.1) is 38.3 Å². The molecule has 1 fully saturated rings. The first-order valence-corrected chi connectivity index (χ1v) is 10.4. The van der Waals surface area contributed by atoms with Gasteiger partial charge in [0.25, 0.3) is 0 Å². The summed E-state index contributed by atoms with van der Waals surface area (Å²) in [5.41, 5.74) is 0.503. The van der Waals surface area contributed by atoms with Crippen LogP contribution in [0.1, 0.15) is 29.2 Å². The molecule has 1 aromatic carbocycles. The van der Waals surface area contributed by atoms with E-state index in [2.05, 4.69) is 10.1 Å². The molecular formula is C19H23FN5O3S+. The molecule has 1 aliphatic heterocycles. The highest BCUT2D eigenvalue weighted by atomic mass is 32.1. The zero-order chi connectivity index (χ0) is 20.5. The molecule has 1 aliphatic rings. The van der Waals surface area contributed by atoms with Crippen LogP contribution in [0.15, 0.2) is 24.3 Å². The van der Waals surface area contributed by atoms with Gasteiger partial charge in [0, 0.05) is 0 Å². The lowest BCUT2D eigenvalue weighted by molar-refractivity contribution is -0.929. The van der Waals surface area contributed by atoms with Crippen molar-refractivity contribution >= 4 is 22.4 Å². The van der Waals surface area contributed by atoms with Crippen LogP contribution in [0, 0.1) is 12.7 Å². The van der Waals surface area contributed by atoms with Gasteiger partial charge >= 0.3 is 6.09 Å². The summed E-state index contributed by atoms with van der Waals surface area (Å²) in [6.07, 6.45) is -0.328. The van der Waals surface area contributed by atoms with E-state index in [0.29, 0.717) is 54.0 Å². The van der Waals surface area contributed by atoms with Crippen LogP contribution in [0.4, 0.5) is 9.18 Å². The summed E-state index contributed by atoms with van der Waals surface area (Å²) in [5, 5.41) is 15.0. The van der Waals surface area contributed by atoms with Crippen LogP contribution in [0.25, 0.3) is 4.96 Å². The summed E-state index contributed by atoms with van der Waals surface area (Å²) in [5.74, 6) is 0.225. The number of rotatable bonds is 4. The highest BCUT2D eigenvalue weighted by molar-refractivity contribution is 7.17. The molecule has 8 nitrogen and oxygen atoms in total. The molecule has 10 heteroatoms. The fourth-order valence-electron chi connectivity index (χ4n) is 3.77. The van der Waals surface area contributed by atoms with Crippen LogP contribution in [0.2, 0.25) is 0 Å². The van der Waals surface area contributed by atoms with Gasteiger partial charge < -0.3 is 14.7 Å². The van der Waals surface area contributed by atoms with E-state index >= 15 is 0 Å². The molecule has 0 radical (unpaired) electrons. The van der Waals surface area contributed by atoms with Crippen LogP contribution >= 0.6 is 11.3 Å². The molecule has 29 heavy (non-hydrogen) atoms. The zero-order valence-electron chi connectivity index (χ0n) is 16.3. The minimum absolute atomic E-state index is 0.0147. The smallest absolute Gasteiger partial charge is 0.410 e. The van der Waals surface area contributed by atoms with Crippen molar-refractivity contribution in [1.29, 1.82) is 0 Å². The highest BCUT2D eigenvalue weighted by Gasteiger charge is 2.37. The molecular weight excluding hydrogens is 397 g/mol. The number of carbonyl (C=O) groups excluding carboxylic acids is 1. The number of hydrogen-bond acceptors (Lipinski definition) is 6. The van der Waals surface area contributed by atoms with Crippen molar-refractivity contribution in [2.24, 2.45) is 0 Å². The summed E-state index contributed by atoms with van der Waals surface area (Å²) in [6, 6.07) is 6.18. The van der Waals surface area contributed by atoms with Crippen molar-refractivity contribution < 1.29 is 23.9 Å². The molecule has 0 unspecified atom stereocenters. The Labute approximate surface area is 171 Å². The fourth-order valence-corrected chi connectivity index (χ4v) is 4.95. The molecule has 1 saturated heterocycles. The third-order valence-corrected chi connectivity index (χ3v) is 6.21. The number of hydrogen-bond donors (Lipinski definition) is 2. The second kappa shape index (κ2) is 7.96. The molecule has 154 valence electrons. The molecule has 0 aliphatic carbocycles. The van der Waals surface area contributed by atoms with E-state index < -0.39 is 6.04 Å². The van der Waals surface area contributed by atoms with Crippen molar-refractivity contribution in [3.05, 3.63) is 46.3 Å². The summed E-state index contributed by atoms with van der Waals surface area (Å²) in [4.78, 5) is 20.3. The molecule has 0 saturated carbocycles. The molecule has 3 heterocycles. The minimum Gasteiger partial charge on any atom is -0.492 e. The number of carbonyl (C=O) groups is 1. The predicted molar refractivity (Wildman–Crippen MR) is 105 cm³/mol. The van der Waals surface area contributed by atoms with Gasteiger partial charge in [0.2, 0.25) is 10.8 Å². The van der Waals surface area contributed by atoms with Crippen molar-refractivity contribution in [1.82, 2.24) is 19.5 Å². The normalized spacial score (nSPS) is 16.3. The molecule has 4 rings (SSSR count). The van der Waals surface area contributed by atoms with Crippen molar-refractivity contribution in [2.45, 2.75) is 19.9 Å². The van der Waals surface area contributed by atoms with E-state index in [0.717, 1.165) is 4.90 Å². The summed E-state index contributed by atoms with van der Waals surface area (Å²) in [6.45, 7) is 6.07. The number of nitrogens with one attached hydrogen (secondary N) is 1. The van der Waals surface area contributed by atoms with E-state index in [1.54, 1.807) is 36.9 Å². The SMILES string of the molecule is CCOC(=O)N1CC[NH+]([C@@H](c2ccccc2F)c2sc3nc(C)nn3c2O)CC1. The van der Waals surface area contributed by atoms with E-state index in [1.807, 2.05) is 0 Å². The third-order valence-electron chi connectivity index (χ3n) is 5.12. The second-order valence-electron chi connectivity index (χ2n) is 6.94. The van der Waals surface area contributed by atoms with Gasteiger partial charge in [-0.05, 0) is 26.0 Å². The number of nitrogens with zero attached hydrogens (tertiary/aromatic N) is 4. The van der Waals surface area contributed by atoms with Gasteiger partial charge in [0.15, 0.2) is 6.04 Å². The number of ether oxygens (including phenoxy) is 1. The van der Waals surface area contributed by atoms with Gasteiger partial charge in [-0.2, -0.15) is 4.52 Å². The molecule has 2 aromatic heterocycles. The first-order valence-electron chi connectivity index (χ1n) is 9.55. The maximum atomic E-state index is 14.7. The summed E-state index contributed by atoms with van der Waals surface area (Å²) < 4.78 is 21.2. The monoisotopic (exact) mass is 420 g/mol. The number of benzene rings is 1. The quantitative estimate of drug-likeness (QED) is 0.667. The Morgan fingerprint density at radius 2 is 2.10 bits per heavy atom. The van der Waals surface area contributed by atoms with Gasteiger partial charge in [-0.25, -0.2) is 14.2 Å². The second-order valence-corrected chi connectivity index (χ2v) is 7.95. The van der Waals surface area contributed by atoms with Gasteiger partial charge in [-0.3, -0.25) is 4.90 Å².